The Hall–Kier alpha value is -3.15. The fraction of sp³-hybridized carbons (Fsp3) is 0.167. The van der Waals surface area contributed by atoms with Gasteiger partial charge in [0, 0.05) is 11.1 Å². The number of carbonyl (C=O) groups excluding carboxylic acids is 1. The van der Waals surface area contributed by atoms with Crippen LogP contribution in [0.5, 0.6) is 0 Å². The number of nitrogens with one attached hydrogen (secondary N) is 1. The third kappa shape index (κ3) is 2.99. The fourth-order valence-electron chi connectivity index (χ4n) is 2.65. The molecule has 2 amide bonds. The van der Waals surface area contributed by atoms with E-state index in [0.29, 0.717) is 5.71 Å². The molecule has 1 aliphatic heterocycles. The minimum absolute atomic E-state index is 0.337. The lowest BCUT2D eigenvalue weighted by atomic mass is 9.99. The third-order valence-corrected chi connectivity index (χ3v) is 3.94. The van der Waals surface area contributed by atoms with Gasteiger partial charge in [0.15, 0.2) is 0 Å². The molecule has 0 spiro atoms. The Balaban J connectivity index is 1.94. The first-order valence-electron chi connectivity index (χ1n) is 7.60. The van der Waals surface area contributed by atoms with E-state index >= 15 is 0 Å². The van der Waals surface area contributed by atoms with Gasteiger partial charge in [-0.25, -0.2) is 9.80 Å². The number of benzene rings is 2. The number of amides is 2. The Kier molecular flexibility index (Phi) is 4.29. The molecule has 122 valence electrons. The molecule has 0 aromatic heterocycles. The first kappa shape index (κ1) is 15.7. The summed E-state index contributed by atoms with van der Waals surface area (Å²) in [5.74, 6) is -0.353. The lowest BCUT2D eigenvalue weighted by Crippen LogP contribution is -2.67. The summed E-state index contributed by atoms with van der Waals surface area (Å²) >= 11 is 0. The minimum atomic E-state index is -1.21. The maximum atomic E-state index is 12.2. The van der Waals surface area contributed by atoms with Crippen LogP contribution in [0.3, 0.4) is 0 Å². The molecule has 0 radical (unpaired) electrons. The maximum absolute atomic E-state index is 12.2. The Bertz CT molecular complexity index is 733. The van der Waals surface area contributed by atoms with Crippen molar-refractivity contribution in [2.24, 2.45) is 5.10 Å². The van der Waals surface area contributed by atoms with Crippen LogP contribution in [0.25, 0.3) is 0 Å². The van der Waals surface area contributed by atoms with Crippen LogP contribution in [-0.2, 0) is 4.79 Å². The topological polar surface area (TPSA) is 82.0 Å². The lowest BCUT2D eigenvalue weighted by molar-refractivity contribution is -0.149. The van der Waals surface area contributed by atoms with Crippen molar-refractivity contribution in [1.29, 1.82) is 0 Å². The van der Waals surface area contributed by atoms with E-state index in [1.54, 1.807) is 6.92 Å². The Morgan fingerprint density at radius 3 is 1.96 bits per heavy atom. The van der Waals surface area contributed by atoms with Gasteiger partial charge in [0.25, 0.3) is 5.91 Å². The average Bonchev–Trinajstić information content (AvgIpc) is 2.61. The van der Waals surface area contributed by atoms with Crippen LogP contribution in [0.2, 0.25) is 0 Å². The van der Waals surface area contributed by atoms with Crippen LogP contribution < -0.4 is 5.32 Å². The van der Waals surface area contributed by atoms with Crippen molar-refractivity contribution in [3.63, 3.8) is 0 Å². The largest absolute Gasteiger partial charge is 0.465 e. The number of hydrogen-bond acceptors (Lipinski definition) is 3. The quantitative estimate of drug-likeness (QED) is 0.669. The van der Waals surface area contributed by atoms with Gasteiger partial charge in [0.2, 0.25) is 0 Å². The first-order valence-corrected chi connectivity index (χ1v) is 7.60. The fourth-order valence-corrected chi connectivity index (χ4v) is 2.65. The predicted octanol–water partition coefficient (Wildman–Crippen LogP) is 2.31. The van der Waals surface area contributed by atoms with Crippen molar-refractivity contribution in [2.75, 3.05) is 0 Å². The highest BCUT2D eigenvalue weighted by Crippen LogP contribution is 2.22. The average molecular weight is 323 g/mol. The normalized spacial score (nSPS) is 19.4. The van der Waals surface area contributed by atoms with Crippen molar-refractivity contribution in [2.45, 2.75) is 19.0 Å². The molecule has 2 N–H and O–H groups in total. The van der Waals surface area contributed by atoms with E-state index in [1.165, 1.54) is 5.01 Å². The number of hydrazone groups is 1. The van der Waals surface area contributed by atoms with E-state index < -0.39 is 12.1 Å². The molecule has 0 aliphatic carbocycles. The Morgan fingerprint density at radius 2 is 1.54 bits per heavy atom. The number of hydrogen-bond donors (Lipinski definition) is 2. The second kappa shape index (κ2) is 6.54. The highest BCUT2D eigenvalue weighted by molar-refractivity contribution is 6.13. The van der Waals surface area contributed by atoms with Gasteiger partial charge in [-0.2, -0.15) is 5.10 Å². The predicted molar refractivity (Wildman–Crippen MR) is 89.8 cm³/mol. The summed E-state index contributed by atoms with van der Waals surface area (Å²) < 4.78 is 0. The molecule has 6 nitrogen and oxygen atoms in total. The molecule has 1 saturated heterocycles. The smallest absolute Gasteiger partial charge is 0.405 e. The second-order valence-electron chi connectivity index (χ2n) is 5.53. The highest BCUT2D eigenvalue weighted by atomic mass is 16.4. The van der Waals surface area contributed by atoms with Crippen molar-refractivity contribution < 1.29 is 14.7 Å². The second-order valence-corrected chi connectivity index (χ2v) is 5.53. The van der Waals surface area contributed by atoms with Crippen molar-refractivity contribution >= 4 is 17.7 Å². The van der Waals surface area contributed by atoms with E-state index in [0.717, 1.165) is 11.1 Å². The van der Waals surface area contributed by atoms with Gasteiger partial charge >= 0.3 is 6.09 Å². The van der Waals surface area contributed by atoms with Crippen molar-refractivity contribution in [3.8, 4) is 0 Å². The van der Waals surface area contributed by atoms with Gasteiger partial charge in [-0.15, -0.1) is 0 Å². The summed E-state index contributed by atoms with van der Waals surface area (Å²) in [7, 11) is 0. The lowest BCUT2D eigenvalue weighted by Gasteiger charge is -2.41. The SMILES string of the molecule is C[C@H]1[C@H](NC(=O)O)C(=O)N1N=C(c1ccccc1)c1ccccc1. The summed E-state index contributed by atoms with van der Waals surface area (Å²) in [5.41, 5.74) is 2.45. The van der Waals surface area contributed by atoms with Crippen LogP contribution in [-0.4, -0.2) is 39.9 Å². The highest BCUT2D eigenvalue weighted by Gasteiger charge is 2.46. The molecule has 1 aliphatic rings. The Labute approximate surface area is 139 Å². The third-order valence-electron chi connectivity index (χ3n) is 3.94. The molecule has 2 aromatic rings. The standard InChI is InChI=1S/C18H17N3O3/c1-12-15(19-18(23)24)17(22)21(12)20-16(13-8-4-2-5-9-13)14-10-6-3-7-11-14/h2-12,15,19H,1H3,(H,23,24)/t12-,15-/m0/s1. The number of carbonyl (C=O) groups is 2. The van der Waals surface area contributed by atoms with E-state index in [-0.39, 0.29) is 11.9 Å². The molecule has 0 unspecified atom stereocenters. The molecule has 0 bridgehead atoms. The van der Waals surface area contributed by atoms with Gasteiger partial charge in [-0.3, -0.25) is 4.79 Å². The molecular formula is C18H17N3O3. The van der Waals surface area contributed by atoms with Crippen LogP contribution in [0.1, 0.15) is 18.1 Å². The van der Waals surface area contributed by atoms with Gasteiger partial charge in [-0.05, 0) is 6.92 Å². The summed E-state index contributed by atoms with van der Waals surface area (Å²) in [6, 6.07) is 18.1. The zero-order valence-electron chi connectivity index (χ0n) is 13.1. The molecule has 2 aromatic carbocycles. The van der Waals surface area contributed by atoms with E-state index in [4.69, 9.17) is 5.11 Å². The van der Waals surface area contributed by atoms with E-state index in [9.17, 15) is 9.59 Å². The summed E-state index contributed by atoms with van der Waals surface area (Å²) in [4.78, 5) is 22.9. The number of rotatable bonds is 4. The zero-order chi connectivity index (χ0) is 17.1. The maximum Gasteiger partial charge on any atom is 0.405 e. The van der Waals surface area contributed by atoms with E-state index in [2.05, 4.69) is 10.4 Å². The molecule has 24 heavy (non-hydrogen) atoms. The molecule has 6 heteroatoms. The van der Waals surface area contributed by atoms with Crippen LogP contribution in [0.15, 0.2) is 65.8 Å². The van der Waals surface area contributed by atoms with Gasteiger partial charge < -0.3 is 10.4 Å². The number of carboxylic acid groups (broad SMARTS) is 1. The number of nitrogens with zero attached hydrogens (tertiary/aromatic N) is 2. The van der Waals surface area contributed by atoms with Crippen LogP contribution >= 0.6 is 0 Å². The van der Waals surface area contributed by atoms with Crippen LogP contribution in [0, 0.1) is 0 Å². The zero-order valence-corrected chi connectivity index (χ0v) is 13.1. The first-order chi connectivity index (χ1) is 11.6. The number of β-lactam (4-membered cyclic amide) rings is 1. The monoisotopic (exact) mass is 323 g/mol. The van der Waals surface area contributed by atoms with E-state index in [1.807, 2.05) is 60.7 Å². The van der Waals surface area contributed by atoms with Crippen molar-refractivity contribution in [1.82, 2.24) is 10.3 Å². The molecule has 1 fully saturated rings. The van der Waals surface area contributed by atoms with Crippen molar-refractivity contribution in [3.05, 3.63) is 71.8 Å². The molecule has 1 heterocycles. The minimum Gasteiger partial charge on any atom is -0.465 e. The van der Waals surface area contributed by atoms with Gasteiger partial charge in [-0.1, -0.05) is 60.7 Å². The van der Waals surface area contributed by atoms with Gasteiger partial charge in [0.1, 0.15) is 6.04 Å². The summed E-state index contributed by atoms with van der Waals surface area (Å²) in [6.45, 7) is 1.76. The summed E-state index contributed by atoms with van der Waals surface area (Å²) in [6.07, 6.45) is -1.21. The van der Waals surface area contributed by atoms with Crippen LogP contribution in [0.4, 0.5) is 4.79 Å². The Morgan fingerprint density at radius 1 is 1.04 bits per heavy atom. The van der Waals surface area contributed by atoms with Gasteiger partial charge in [0.05, 0.1) is 11.8 Å². The molecular weight excluding hydrogens is 306 g/mol. The molecule has 2 atom stereocenters. The molecule has 3 rings (SSSR count). The molecule has 0 saturated carbocycles. The summed E-state index contributed by atoms with van der Waals surface area (Å²) in [5, 5.41) is 16.8.